The molecule has 5 heteroatoms. The Morgan fingerprint density at radius 2 is 1.16 bits per heavy atom. The number of benzene rings is 1. The van der Waals surface area contributed by atoms with Crippen LogP contribution >= 0.6 is 0 Å². The van der Waals surface area contributed by atoms with Gasteiger partial charge in [-0.05, 0) is 149 Å². The van der Waals surface area contributed by atoms with E-state index < -0.39 is 0 Å². The van der Waals surface area contributed by atoms with Crippen LogP contribution in [0.25, 0.3) is 22.5 Å². The fourth-order valence-electron chi connectivity index (χ4n) is 3.41. The van der Waals surface area contributed by atoms with Gasteiger partial charge < -0.3 is 9.97 Å². The van der Waals surface area contributed by atoms with Gasteiger partial charge in [0, 0.05) is 37.4 Å². The van der Waals surface area contributed by atoms with E-state index in [1.807, 2.05) is 43.0 Å². The van der Waals surface area contributed by atoms with E-state index in [1.165, 1.54) is 16.8 Å². The first kappa shape index (κ1) is 40.8. The number of aromatic nitrogens is 4. The number of pyridine rings is 1. The number of nitrogens with one attached hydrogen (secondary N) is 2. The number of terminal acetylenes is 3. The summed E-state index contributed by atoms with van der Waals surface area (Å²) in [7, 11) is 0. The van der Waals surface area contributed by atoms with Crippen molar-refractivity contribution in [2.45, 2.75) is 13.5 Å². The average Bonchev–Trinajstić information content (AvgIpc) is 3.93. The van der Waals surface area contributed by atoms with Crippen LogP contribution in [0.4, 0.5) is 0 Å². The second kappa shape index (κ2) is 28.0. The molecule has 2 N–H and O–H groups in total. The van der Waals surface area contributed by atoms with Gasteiger partial charge in [0.25, 0.3) is 0 Å². The number of H-pyrrole nitrogens is 2. The van der Waals surface area contributed by atoms with Gasteiger partial charge >= 0.3 is 0 Å². The predicted octanol–water partition coefficient (Wildman–Crippen LogP) is 4.13. The molecule has 0 unspecified atom stereocenters. The second-order valence-corrected chi connectivity index (χ2v) is 8.40. The Morgan fingerprint density at radius 1 is 0.647 bits per heavy atom. The molecule has 0 saturated carbocycles. The zero-order chi connectivity index (χ0) is 35.7. The fraction of sp³-hybridized carbons (Fsp3) is 0.0435. The average molecular weight is 823 g/mol. The first-order chi connectivity index (χ1) is 24.7. The maximum Gasteiger partial charge on any atom is 0.242 e. The third-order valence-corrected chi connectivity index (χ3v) is 5.28. The zero-order valence-corrected chi connectivity index (χ0v) is 29.5. The minimum Gasteiger partial charge on any atom is -0.453 e. The molecule has 3 aromatic heterocycles. The van der Waals surface area contributed by atoms with Gasteiger partial charge in [-0.15, -0.1) is 31.0 Å². The summed E-state index contributed by atoms with van der Waals surface area (Å²) < 4.78 is 2.23. The van der Waals surface area contributed by atoms with Crippen LogP contribution in [0.15, 0.2) is 73.4 Å². The summed E-state index contributed by atoms with van der Waals surface area (Å²) in [5, 5.41) is 0. The summed E-state index contributed by atoms with van der Waals surface area (Å²) in [6.07, 6.45) is 25.2. The predicted molar refractivity (Wildman–Crippen MR) is 198 cm³/mol. The number of nitrogens with zero attached hydrogens (tertiary/aromatic N) is 2. The van der Waals surface area contributed by atoms with E-state index in [0.717, 1.165) is 17.8 Å². The van der Waals surface area contributed by atoms with Gasteiger partial charge in [-0.25, -0.2) is 9.55 Å². The molecule has 51 heavy (non-hydrogen) atoms. The van der Waals surface area contributed by atoms with E-state index in [-0.39, 0.29) is 20.1 Å². The Morgan fingerprint density at radius 3 is 1.63 bits per heavy atom. The van der Waals surface area contributed by atoms with E-state index in [0.29, 0.717) is 0 Å². The van der Waals surface area contributed by atoms with E-state index in [1.54, 1.807) is 13.1 Å². The van der Waals surface area contributed by atoms with Crippen LogP contribution < -0.4 is 4.57 Å². The van der Waals surface area contributed by atoms with Crippen LogP contribution in [0.1, 0.15) is 12.5 Å². The van der Waals surface area contributed by atoms with Crippen LogP contribution in [0.2, 0.25) is 0 Å². The van der Waals surface area contributed by atoms with Gasteiger partial charge in [-0.1, -0.05) is 48.5 Å². The van der Waals surface area contributed by atoms with Crippen molar-refractivity contribution in [3.8, 4) is 178 Å². The molecule has 1 aromatic carbocycles. The summed E-state index contributed by atoms with van der Waals surface area (Å²) in [5.41, 5.74) is 6.03. The molecule has 0 atom stereocenters. The van der Waals surface area contributed by atoms with Crippen molar-refractivity contribution in [1.82, 2.24) is 15.0 Å². The van der Waals surface area contributed by atoms with Crippen LogP contribution in [0.5, 0.6) is 0 Å². The summed E-state index contributed by atoms with van der Waals surface area (Å²) >= 11 is 0. The summed E-state index contributed by atoms with van der Waals surface area (Å²) in [6, 6.07) is 16.3. The third kappa shape index (κ3) is 17.9. The first-order valence-corrected chi connectivity index (χ1v) is 14.1. The van der Waals surface area contributed by atoms with Crippen molar-refractivity contribution in [2.24, 2.45) is 0 Å². The maximum absolute atomic E-state index is 4.86. The molecular formula is C46H22IrN4. The molecule has 1 radical (unpaired) electrons. The Hall–Kier alpha value is -8.21. The van der Waals surface area contributed by atoms with Gasteiger partial charge in [0.05, 0.1) is 0 Å². The molecule has 0 fully saturated rings. The summed E-state index contributed by atoms with van der Waals surface area (Å²) in [4.78, 5) is 10.1. The van der Waals surface area contributed by atoms with Gasteiger partial charge in [-0.3, -0.25) is 0 Å². The number of hydrogen-bond acceptors (Lipinski definition) is 1. The monoisotopic (exact) mass is 823 g/mol. The number of hydrogen-bond donors (Lipinski definition) is 2. The minimum absolute atomic E-state index is 0. The molecule has 235 valence electrons. The van der Waals surface area contributed by atoms with Crippen molar-refractivity contribution in [1.29, 1.82) is 0 Å². The molecule has 0 bridgehead atoms. The van der Waals surface area contributed by atoms with E-state index >= 15 is 0 Å². The van der Waals surface area contributed by atoms with Crippen LogP contribution in [-0.2, 0) is 26.7 Å². The largest absolute Gasteiger partial charge is 0.453 e. The van der Waals surface area contributed by atoms with Crippen molar-refractivity contribution >= 4 is 0 Å². The fourth-order valence-corrected chi connectivity index (χ4v) is 3.41. The molecule has 0 spiro atoms. The SMILES string of the molecule is C#CC#CC#CC#CC#CC#CC.C#CC#CC#CC#CC#CC#CC#C.[Ir].[c-]1[nH]ccc1-c1ccccn1.c1ccc2c(c1)C[n+]1c[nH]cc1-2. The van der Waals surface area contributed by atoms with E-state index in [2.05, 4.69) is 186 Å². The van der Waals surface area contributed by atoms with Crippen LogP contribution in [-0.4, -0.2) is 15.0 Å². The van der Waals surface area contributed by atoms with Gasteiger partial charge in [0.2, 0.25) is 6.33 Å². The molecule has 4 heterocycles. The number of fused-ring (bicyclic) bond motifs is 3. The number of imidazole rings is 1. The molecule has 0 aliphatic carbocycles. The van der Waals surface area contributed by atoms with Gasteiger partial charge in [0.1, 0.15) is 12.7 Å². The van der Waals surface area contributed by atoms with Crippen molar-refractivity contribution in [3.63, 3.8) is 0 Å². The van der Waals surface area contributed by atoms with Crippen LogP contribution in [0.3, 0.4) is 0 Å². The second-order valence-electron chi connectivity index (χ2n) is 8.40. The smallest absolute Gasteiger partial charge is 0.242 e. The molecule has 1 aliphatic heterocycles. The van der Waals surface area contributed by atoms with Gasteiger partial charge in [0.15, 0.2) is 5.69 Å². The van der Waals surface area contributed by atoms with Crippen molar-refractivity contribution in [3.05, 3.63) is 85.2 Å². The quantitative estimate of drug-likeness (QED) is 0.149. The summed E-state index contributed by atoms with van der Waals surface area (Å²) in [5.74, 6) is 55.2. The molecule has 4 nitrogen and oxygen atoms in total. The van der Waals surface area contributed by atoms with E-state index in [4.69, 9.17) is 19.3 Å². The Bertz CT molecular complexity index is 2500. The topological polar surface area (TPSA) is 48.4 Å². The normalized spacial score (nSPS) is 7.02. The molecular weight excluding hydrogens is 801 g/mol. The first-order valence-electron chi connectivity index (χ1n) is 14.1. The van der Waals surface area contributed by atoms with Crippen molar-refractivity contribution in [2.75, 3.05) is 0 Å². The Labute approximate surface area is 314 Å². The van der Waals surface area contributed by atoms with Gasteiger partial charge in [-0.2, -0.15) is 6.07 Å². The maximum atomic E-state index is 4.86. The number of rotatable bonds is 1. The third-order valence-electron chi connectivity index (χ3n) is 5.28. The molecule has 0 amide bonds. The zero-order valence-electron chi connectivity index (χ0n) is 27.1. The van der Waals surface area contributed by atoms with Crippen molar-refractivity contribution < 1.29 is 24.7 Å². The molecule has 5 rings (SSSR count). The molecule has 4 aromatic rings. The van der Waals surface area contributed by atoms with Crippen LogP contribution in [0, 0.1) is 162 Å². The molecule has 1 aliphatic rings. The number of aromatic amines is 2. The van der Waals surface area contributed by atoms with E-state index in [9.17, 15) is 0 Å². The Balaban J connectivity index is 0.000000338. The standard InChI is InChI=1S/C14H2.C13H4.C10H8N2.C9H7N2.Ir/c1-3-5-7-9-11-13-14-12-10-8-6-4-2;1-3-5-7-9-11-13-12-10-8-6-4-2;1-2-4-9-8(3-1)6-12-7-11-5-10(9)12;1-2-5-11-9(3-1)8-4-6-10-7-8;/h1-2H;1H,2H3;1-5,7H,6H2;1-6,10H;/q;;;-1;/p+1. The summed E-state index contributed by atoms with van der Waals surface area (Å²) in [6.45, 7) is 2.71. The molecule has 0 saturated heterocycles. The minimum atomic E-state index is 0. The Kier molecular flexibility index (Phi) is 22.4.